The monoisotopic (exact) mass is 298 g/mol. The van der Waals surface area contributed by atoms with Gasteiger partial charge in [-0.1, -0.05) is 0 Å². The Morgan fingerprint density at radius 3 is 2.90 bits per heavy atom. The molecule has 1 amide bonds. The highest BCUT2D eigenvalue weighted by molar-refractivity contribution is 5.78. The van der Waals surface area contributed by atoms with Gasteiger partial charge in [0, 0.05) is 19.7 Å². The largest absolute Gasteiger partial charge is 0.466 e. The Kier molecular flexibility index (Phi) is 6.45. The lowest BCUT2D eigenvalue weighted by molar-refractivity contribution is -0.150. The number of carbonyl (C=O) groups excluding carboxylic acids is 2. The molecule has 0 saturated carbocycles. The summed E-state index contributed by atoms with van der Waals surface area (Å²) in [6, 6.07) is 0. The van der Waals surface area contributed by atoms with Crippen molar-refractivity contribution in [1.82, 2.24) is 10.2 Å². The molecule has 2 saturated heterocycles. The van der Waals surface area contributed by atoms with Crippen molar-refractivity contribution in [2.75, 3.05) is 39.4 Å². The van der Waals surface area contributed by atoms with Crippen LogP contribution in [0.25, 0.3) is 0 Å². The van der Waals surface area contributed by atoms with E-state index in [4.69, 9.17) is 9.47 Å². The van der Waals surface area contributed by atoms with E-state index in [2.05, 4.69) is 5.32 Å². The summed E-state index contributed by atoms with van der Waals surface area (Å²) in [4.78, 5) is 25.7. The Balaban J connectivity index is 1.68. The summed E-state index contributed by atoms with van der Waals surface area (Å²) >= 11 is 0. The SMILES string of the molecule is CCOC(=O)C1CCCN(CC(=O)NCC2CCCO2)C1. The Hall–Kier alpha value is -1.14. The van der Waals surface area contributed by atoms with Crippen molar-refractivity contribution in [1.29, 1.82) is 0 Å². The van der Waals surface area contributed by atoms with Gasteiger partial charge in [-0.25, -0.2) is 0 Å². The van der Waals surface area contributed by atoms with Crippen LogP contribution >= 0.6 is 0 Å². The fourth-order valence-corrected chi connectivity index (χ4v) is 2.94. The van der Waals surface area contributed by atoms with Crippen molar-refractivity contribution in [2.45, 2.75) is 38.7 Å². The van der Waals surface area contributed by atoms with Crippen LogP contribution in [0.2, 0.25) is 0 Å². The summed E-state index contributed by atoms with van der Waals surface area (Å²) in [6.07, 6.45) is 4.06. The Bertz CT molecular complexity index is 356. The summed E-state index contributed by atoms with van der Waals surface area (Å²) in [7, 11) is 0. The number of nitrogens with one attached hydrogen (secondary N) is 1. The van der Waals surface area contributed by atoms with Gasteiger partial charge in [0.2, 0.25) is 5.91 Å². The van der Waals surface area contributed by atoms with Gasteiger partial charge in [-0.15, -0.1) is 0 Å². The summed E-state index contributed by atoms with van der Waals surface area (Å²) in [6.45, 7) is 5.45. The number of hydrogen-bond donors (Lipinski definition) is 1. The molecule has 0 bridgehead atoms. The predicted molar refractivity (Wildman–Crippen MR) is 77.8 cm³/mol. The molecule has 2 atom stereocenters. The lowest BCUT2D eigenvalue weighted by atomic mass is 9.98. The molecular weight excluding hydrogens is 272 g/mol. The zero-order chi connectivity index (χ0) is 15.1. The van der Waals surface area contributed by atoms with E-state index in [1.54, 1.807) is 0 Å². The topological polar surface area (TPSA) is 67.9 Å². The molecule has 1 N–H and O–H groups in total. The van der Waals surface area contributed by atoms with Gasteiger partial charge in [-0.3, -0.25) is 14.5 Å². The zero-order valence-electron chi connectivity index (χ0n) is 12.8. The summed E-state index contributed by atoms with van der Waals surface area (Å²) < 4.78 is 10.5. The number of piperidine rings is 1. The standard InChI is InChI=1S/C15H26N2O4/c1-2-20-15(19)12-5-3-7-17(10-12)11-14(18)16-9-13-6-4-8-21-13/h12-13H,2-11H2,1H3,(H,16,18). The van der Waals surface area contributed by atoms with E-state index in [1.165, 1.54) is 0 Å². The number of likely N-dealkylation sites (tertiary alicyclic amines) is 1. The molecule has 2 rings (SSSR count). The van der Waals surface area contributed by atoms with Gasteiger partial charge in [-0.05, 0) is 39.2 Å². The third-order valence-corrected chi connectivity index (χ3v) is 4.04. The zero-order valence-corrected chi connectivity index (χ0v) is 12.8. The minimum atomic E-state index is -0.137. The minimum absolute atomic E-state index is 0.00927. The lowest BCUT2D eigenvalue weighted by Crippen LogP contribution is -2.45. The first-order chi connectivity index (χ1) is 10.2. The van der Waals surface area contributed by atoms with Crippen LogP contribution in [-0.2, 0) is 19.1 Å². The molecule has 0 aromatic heterocycles. The van der Waals surface area contributed by atoms with Gasteiger partial charge in [0.15, 0.2) is 0 Å². The Morgan fingerprint density at radius 2 is 2.19 bits per heavy atom. The van der Waals surface area contributed by atoms with E-state index in [0.717, 1.165) is 38.8 Å². The number of rotatable bonds is 6. The van der Waals surface area contributed by atoms with Gasteiger partial charge >= 0.3 is 5.97 Å². The van der Waals surface area contributed by atoms with Crippen LogP contribution in [0.15, 0.2) is 0 Å². The van der Waals surface area contributed by atoms with Crippen molar-refractivity contribution >= 4 is 11.9 Å². The number of esters is 1. The Labute approximate surface area is 126 Å². The number of ether oxygens (including phenoxy) is 2. The van der Waals surface area contributed by atoms with Crippen molar-refractivity contribution in [3.63, 3.8) is 0 Å². The molecule has 6 heteroatoms. The van der Waals surface area contributed by atoms with E-state index in [9.17, 15) is 9.59 Å². The molecule has 0 aliphatic carbocycles. The van der Waals surface area contributed by atoms with Crippen LogP contribution in [0.4, 0.5) is 0 Å². The van der Waals surface area contributed by atoms with Gasteiger partial charge < -0.3 is 14.8 Å². The summed E-state index contributed by atoms with van der Waals surface area (Å²) in [5.41, 5.74) is 0. The third kappa shape index (κ3) is 5.28. The minimum Gasteiger partial charge on any atom is -0.466 e. The normalized spacial score (nSPS) is 26.5. The second-order valence-electron chi connectivity index (χ2n) is 5.77. The molecule has 21 heavy (non-hydrogen) atoms. The molecule has 0 radical (unpaired) electrons. The van der Waals surface area contributed by atoms with E-state index < -0.39 is 0 Å². The molecule has 120 valence electrons. The fourth-order valence-electron chi connectivity index (χ4n) is 2.94. The molecule has 0 aromatic rings. The number of carbonyl (C=O) groups is 2. The average molecular weight is 298 g/mol. The highest BCUT2D eigenvalue weighted by atomic mass is 16.5. The summed E-state index contributed by atoms with van der Waals surface area (Å²) in [5.74, 6) is -0.221. The molecule has 2 fully saturated rings. The molecule has 6 nitrogen and oxygen atoms in total. The number of hydrogen-bond acceptors (Lipinski definition) is 5. The molecular formula is C15H26N2O4. The predicted octanol–water partition coefficient (Wildman–Crippen LogP) is 0.557. The van der Waals surface area contributed by atoms with Gasteiger partial charge in [0.1, 0.15) is 0 Å². The molecule has 0 aromatic carbocycles. The molecule has 2 unspecified atom stereocenters. The van der Waals surface area contributed by atoms with Gasteiger partial charge in [0.25, 0.3) is 0 Å². The van der Waals surface area contributed by atoms with Crippen LogP contribution in [0.1, 0.15) is 32.6 Å². The van der Waals surface area contributed by atoms with E-state index >= 15 is 0 Å². The average Bonchev–Trinajstić information content (AvgIpc) is 2.99. The number of nitrogens with zero attached hydrogens (tertiary/aromatic N) is 1. The second-order valence-corrected chi connectivity index (χ2v) is 5.77. The van der Waals surface area contributed by atoms with Crippen LogP contribution in [0, 0.1) is 5.92 Å². The second kappa shape index (κ2) is 8.34. The molecule has 2 heterocycles. The van der Waals surface area contributed by atoms with E-state index in [-0.39, 0.29) is 23.9 Å². The maximum absolute atomic E-state index is 11.9. The maximum Gasteiger partial charge on any atom is 0.310 e. The van der Waals surface area contributed by atoms with Crippen molar-refractivity contribution in [3.8, 4) is 0 Å². The highest BCUT2D eigenvalue weighted by Crippen LogP contribution is 2.17. The maximum atomic E-state index is 11.9. The van der Waals surface area contributed by atoms with E-state index in [1.807, 2.05) is 11.8 Å². The van der Waals surface area contributed by atoms with Crippen molar-refractivity contribution < 1.29 is 19.1 Å². The summed E-state index contributed by atoms with van der Waals surface area (Å²) in [5, 5.41) is 2.92. The first kappa shape index (κ1) is 16.2. The Morgan fingerprint density at radius 1 is 1.33 bits per heavy atom. The first-order valence-corrected chi connectivity index (χ1v) is 7.96. The van der Waals surface area contributed by atoms with Crippen LogP contribution in [-0.4, -0.2) is 62.3 Å². The fraction of sp³-hybridized carbons (Fsp3) is 0.867. The van der Waals surface area contributed by atoms with Crippen molar-refractivity contribution in [2.24, 2.45) is 5.92 Å². The molecule has 0 spiro atoms. The highest BCUT2D eigenvalue weighted by Gasteiger charge is 2.27. The molecule has 2 aliphatic rings. The number of amides is 1. The van der Waals surface area contributed by atoms with Crippen molar-refractivity contribution in [3.05, 3.63) is 0 Å². The lowest BCUT2D eigenvalue weighted by Gasteiger charge is -2.30. The van der Waals surface area contributed by atoms with E-state index in [0.29, 0.717) is 26.2 Å². The smallest absolute Gasteiger partial charge is 0.310 e. The quantitative estimate of drug-likeness (QED) is 0.726. The first-order valence-electron chi connectivity index (χ1n) is 7.96. The van der Waals surface area contributed by atoms with Crippen LogP contribution < -0.4 is 5.32 Å². The van der Waals surface area contributed by atoms with Crippen LogP contribution in [0.5, 0.6) is 0 Å². The van der Waals surface area contributed by atoms with Crippen LogP contribution in [0.3, 0.4) is 0 Å². The van der Waals surface area contributed by atoms with Gasteiger partial charge in [-0.2, -0.15) is 0 Å². The third-order valence-electron chi connectivity index (χ3n) is 4.04. The van der Waals surface area contributed by atoms with Gasteiger partial charge in [0.05, 0.1) is 25.2 Å². The molecule has 2 aliphatic heterocycles.